The Morgan fingerprint density at radius 2 is 1.55 bits per heavy atom. The van der Waals surface area contributed by atoms with E-state index in [2.05, 4.69) is 27.7 Å². The zero-order valence-corrected chi connectivity index (χ0v) is 25.2. The first kappa shape index (κ1) is 28.8. The first-order chi connectivity index (χ1) is 18.5. The molecule has 7 nitrogen and oxygen atoms in total. The number of allylic oxidation sites excluding steroid dienone is 4. The molecule has 0 aliphatic heterocycles. The van der Waals surface area contributed by atoms with Crippen molar-refractivity contribution in [2.24, 2.45) is 50.2 Å². The van der Waals surface area contributed by atoms with Crippen LogP contribution in [0.1, 0.15) is 86.5 Å². The molecule has 0 spiro atoms. The third kappa shape index (κ3) is 3.28. The molecule has 0 aromatic rings. The van der Waals surface area contributed by atoms with Crippen molar-refractivity contribution in [1.82, 2.24) is 0 Å². The van der Waals surface area contributed by atoms with Crippen LogP contribution in [0.15, 0.2) is 23.3 Å². The fourth-order valence-corrected chi connectivity index (χ4v) is 10.3. The largest absolute Gasteiger partial charge is 0.469 e. The normalized spacial score (nSPS) is 45.3. The van der Waals surface area contributed by atoms with E-state index in [0.29, 0.717) is 25.7 Å². The molecule has 5 aliphatic rings. The summed E-state index contributed by atoms with van der Waals surface area (Å²) in [6.45, 7) is 12.5. The van der Waals surface area contributed by atoms with Crippen molar-refractivity contribution in [2.75, 3.05) is 14.2 Å². The lowest BCUT2D eigenvalue weighted by molar-refractivity contribution is -0.191. The number of hydrogen-bond acceptors (Lipinski definition) is 7. The van der Waals surface area contributed by atoms with E-state index in [9.17, 15) is 24.4 Å². The summed E-state index contributed by atoms with van der Waals surface area (Å²) >= 11 is 0. The fraction of sp³-hybridized carbons (Fsp3) is 0.727. The van der Waals surface area contributed by atoms with Crippen molar-refractivity contribution >= 4 is 23.5 Å². The van der Waals surface area contributed by atoms with Gasteiger partial charge in [0, 0.05) is 11.3 Å². The SMILES string of the molecule is COC(=O)[C@]1(C)C(=O)C(C#N)=C[C@]2(C)C3=CC(=O)C4[C@H]5CC(C)(C)CC[C@]5(C(=O)OC)CC[C@@]4(C)[C@]3(C)CCC12. The van der Waals surface area contributed by atoms with E-state index in [1.165, 1.54) is 14.2 Å². The van der Waals surface area contributed by atoms with Crippen LogP contribution in [0.2, 0.25) is 0 Å². The van der Waals surface area contributed by atoms with Gasteiger partial charge in [-0.25, -0.2) is 0 Å². The van der Waals surface area contributed by atoms with E-state index in [4.69, 9.17) is 9.47 Å². The van der Waals surface area contributed by atoms with Gasteiger partial charge < -0.3 is 9.47 Å². The van der Waals surface area contributed by atoms with Crippen LogP contribution in [0.3, 0.4) is 0 Å². The lowest BCUT2D eigenvalue weighted by atomic mass is 9.34. The summed E-state index contributed by atoms with van der Waals surface area (Å²) in [5.41, 5.74) is -3.08. The van der Waals surface area contributed by atoms with Gasteiger partial charge in [0.15, 0.2) is 11.6 Å². The van der Waals surface area contributed by atoms with Crippen molar-refractivity contribution in [1.29, 1.82) is 5.26 Å². The minimum Gasteiger partial charge on any atom is -0.469 e. The summed E-state index contributed by atoms with van der Waals surface area (Å²) < 4.78 is 10.5. The zero-order valence-electron chi connectivity index (χ0n) is 25.2. The maximum absolute atomic E-state index is 14.5. The van der Waals surface area contributed by atoms with Gasteiger partial charge in [-0.3, -0.25) is 19.2 Å². The van der Waals surface area contributed by atoms with Crippen molar-refractivity contribution in [3.63, 3.8) is 0 Å². The number of hydrogen-bond donors (Lipinski definition) is 0. The molecule has 3 saturated carbocycles. The molecular formula is C33H43NO6. The van der Waals surface area contributed by atoms with Crippen LogP contribution in [0.25, 0.3) is 0 Å². The Morgan fingerprint density at radius 1 is 0.925 bits per heavy atom. The van der Waals surface area contributed by atoms with Gasteiger partial charge in [-0.05, 0) is 86.0 Å². The number of ketones is 2. The van der Waals surface area contributed by atoms with E-state index in [1.807, 2.05) is 13.0 Å². The lowest BCUT2D eigenvalue weighted by Gasteiger charge is -2.68. The topological polar surface area (TPSA) is 111 Å². The third-order valence-corrected chi connectivity index (χ3v) is 12.8. The predicted octanol–water partition coefficient (Wildman–Crippen LogP) is 5.53. The summed E-state index contributed by atoms with van der Waals surface area (Å²) in [7, 11) is 2.72. The van der Waals surface area contributed by atoms with Crippen LogP contribution in [0, 0.1) is 61.6 Å². The van der Waals surface area contributed by atoms with E-state index in [1.54, 1.807) is 19.1 Å². The van der Waals surface area contributed by atoms with Gasteiger partial charge in [0.2, 0.25) is 0 Å². The van der Waals surface area contributed by atoms with Gasteiger partial charge in [0.25, 0.3) is 0 Å². The van der Waals surface area contributed by atoms with Gasteiger partial charge >= 0.3 is 11.9 Å². The summed E-state index contributed by atoms with van der Waals surface area (Å²) in [4.78, 5) is 54.6. The third-order valence-electron chi connectivity index (χ3n) is 12.8. The molecule has 7 heteroatoms. The number of rotatable bonds is 2. The quantitative estimate of drug-likeness (QED) is 0.329. The highest BCUT2D eigenvalue weighted by Crippen LogP contribution is 2.74. The van der Waals surface area contributed by atoms with E-state index >= 15 is 0 Å². The monoisotopic (exact) mass is 549 g/mol. The molecule has 0 bridgehead atoms. The molecule has 0 saturated heterocycles. The summed E-state index contributed by atoms with van der Waals surface area (Å²) in [5.74, 6) is -2.26. The molecule has 0 amide bonds. The van der Waals surface area contributed by atoms with Crippen LogP contribution in [0.4, 0.5) is 0 Å². The fourth-order valence-electron chi connectivity index (χ4n) is 10.3. The highest BCUT2D eigenvalue weighted by Gasteiger charge is 2.72. The van der Waals surface area contributed by atoms with Crippen LogP contribution in [-0.2, 0) is 28.7 Å². The number of fused-ring (bicyclic) bond motifs is 7. The van der Waals surface area contributed by atoms with Gasteiger partial charge in [-0.15, -0.1) is 0 Å². The van der Waals surface area contributed by atoms with Gasteiger partial charge in [0.05, 0.1) is 25.2 Å². The molecule has 0 N–H and O–H groups in total. The average Bonchev–Trinajstić information content (AvgIpc) is 2.90. The molecule has 8 atom stereocenters. The minimum absolute atomic E-state index is 0.00570. The highest BCUT2D eigenvalue weighted by molar-refractivity contribution is 6.15. The Kier molecular flexibility index (Phi) is 6.21. The molecule has 2 unspecified atom stereocenters. The molecule has 5 aliphatic carbocycles. The van der Waals surface area contributed by atoms with Crippen LogP contribution >= 0.6 is 0 Å². The highest BCUT2D eigenvalue weighted by atomic mass is 16.5. The second-order valence-corrected chi connectivity index (χ2v) is 14.9. The Morgan fingerprint density at radius 3 is 2.15 bits per heavy atom. The maximum atomic E-state index is 14.5. The number of carbonyl (C=O) groups excluding carboxylic acids is 4. The molecule has 0 aromatic heterocycles. The number of nitriles is 1. The van der Waals surface area contributed by atoms with Crippen LogP contribution < -0.4 is 0 Å². The van der Waals surface area contributed by atoms with Crippen molar-refractivity contribution in [3.8, 4) is 6.07 Å². The molecule has 216 valence electrons. The van der Waals surface area contributed by atoms with Crippen LogP contribution in [0.5, 0.6) is 0 Å². The van der Waals surface area contributed by atoms with E-state index in [-0.39, 0.29) is 34.6 Å². The number of ether oxygens (including phenoxy) is 2. The molecule has 0 aromatic carbocycles. The van der Waals surface area contributed by atoms with Gasteiger partial charge in [0.1, 0.15) is 11.5 Å². The average molecular weight is 550 g/mol. The first-order valence-electron chi connectivity index (χ1n) is 14.6. The number of esters is 2. The molecule has 0 heterocycles. The second-order valence-electron chi connectivity index (χ2n) is 14.9. The van der Waals surface area contributed by atoms with Gasteiger partial charge in [-0.1, -0.05) is 46.3 Å². The van der Waals surface area contributed by atoms with Crippen LogP contribution in [-0.4, -0.2) is 37.7 Å². The molecule has 3 fully saturated rings. The Labute approximate surface area is 237 Å². The molecular weight excluding hydrogens is 506 g/mol. The van der Waals surface area contributed by atoms with E-state index < -0.39 is 44.7 Å². The maximum Gasteiger partial charge on any atom is 0.319 e. The molecule has 0 radical (unpaired) electrons. The standard InChI is InChI=1S/C33H43NO6/c1-28(2)11-13-33(27(38)40-8)14-12-31(5)24(20(33)17-28)21(35)15-23-29(3)16-19(18-34)25(36)32(6,26(37)39-7)22(29)9-10-30(23,31)4/h15-16,20,22,24H,9-14,17H2,1-8H3/t20-,22?,24?,29+,30-,31-,32+,33+/m1/s1. The summed E-state index contributed by atoms with van der Waals surface area (Å²) in [5, 5.41) is 9.96. The summed E-state index contributed by atoms with van der Waals surface area (Å²) in [6, 6.07) is 2.04. The number of carbonyl (C=O) groups is 4. The molecule has 40 heavy (non-hydrogen) atoms. The number of nitrogens with zero attached hydrogens (tertiary/aromatic N) is 1. The Hall–Kier alpha value is -2.75. The smallest absolute Gasteiger partial charge is 0.319 e. The number of methoxy groups -OCH3 is 2. The van der Waals surface area contributed by atoms with Crippen molar-refractivity contribution in [3.05, 3.63) is 23.3 Å². The first-order valence-corrected chi connectivity index (χ1v) is 14.6. The zero-order chi connectivity index (χ0) is 29.7. The number of Topliss-reactive ketones (excluding diaryl/α,β-unsaturated/α-hetero) is 1. The molecule has 5 rings (SSSR count). The predicted molar refractivity (Wildman–Crippen MR) is 147 cm³/mol. The minimum atomic E-state index is -1.52. The summed E-state index contributed by atoms with van der Waals surface area (Å²) in [6.07, 6.45) is 8.53. The second kappa shape index (κ2) is 8.63. The van der Waals surface area contributed by atoms with Gasteiger partial charge in [-0.2, -0.15) is 5.26 Å². The lowest BCUT2D eigenvalue weighted by Crippen LogP contribution is -2.66. The Balaban J connectivity index is 1.72. The Bertz CT molecular complexity index is 1320. The van der Waals surface area contributed by atoms with Crippen molar-refractivity contribution < 1.29 is 28.7 Å². The van der Waals surface area contributed by atoms with E-state index in [0.717, 1.165) is 24.8 Å². The van der Waals surface area contributed by atoms with Crippen molar-refractivity contribution in [2.45, 2.75) is 86.5 Å².